The van der Waals surface area contributed by atoms with E-state index in [0.29, 0.717) is 5.56 Å². The lowest BCUT2D eigenvalue weighted by Crippen LogP contribution is -2.40. The number of hydrogen-bond donors (Lipinski definition) is 1. The van der Waals surface area contributed by atoms with Crippen molar-refractivity contribution in [2.24, 2.45) is 0 Å². The summed E-state index contributed by atoms with van der Waals surface area (Å²) >= 11 is 0. The molecule has 1 atom stereocenters. The largest absolute Gasteiger partial charge is 0.448 e. The average molecular weight is 316 g/mol. The molecule has 0 spiro atoms. The fourth-order valence-electron chi connectivity index (χ4n) is 1.95. The number of carbonyl (C=O) groups excluding carboxylic acids is 2. The molecule has 1 N–H and O–H groups in total. The van der Waals surface area contributed by atoms with Crippen molar-refractivity contribution in [3.63, 3.8) is 0 Å². The van der Waals surface area contributed by atoms with E-state index in [0.717, 1.165) is 11.3 Å². The van der Waals surface area contributed by atoms with Crippen molar-refractivity contribution >= 4 is 27.0 Å². The van der Waals surface area contributed by atoms with Gasteiger partial charge in [-0.3, -0.25) is 15.2 Å². The second kappa shape index (κ2) is 7.57. The fourth-order valence-corrected chi connectivity index (χ4v) is 2.09. The maximum absolute atomic E-state index is 12.0. The second-order valence-corrected chi connectivity index (χ2v) is 4.94. The first kappa shape index (κ1) is 16.0. The lowest BCUT2D eigenvalue weighted by molar-refractivity contribution is -0.120. The van der Waals surface area contributed by atoms with Gasteiger partial charge < -0.3 is 4.52 Å². The molecule has 1 amide bonds. The number of amides is 1. The standard InChI is InChI=1S/C16H17N2O3P/c1-18(14-5-3-2-4-6-14)17-15(19)11-12-7-9-13(10-8-12)16(20)21-22/h2-10H,11,22H2,1H3,(H,17,19). The summed E-state index contributed by atoms with van der Waals surface area (Å²) in [4.78, 5) is 23.3. The topological polar surface area (TPSA) is 58.6 Å². The van der Waals surface area contributed by atoms with E-state index < -0.39 is 5.97 Å². The van der Waals surface area contributed by atoms with Crippen molar-refractivity contribution < 1.29 is 14.1 Å². The highest BCUT2D eigenvalue weighted by molar-refractivity contribution is 7.10. The number of anilines is 1. The Labute approximate surface area is 131 Å². The van der Waals surface area contributed by atoms with Gasteiger partial charge >= 0.3 is 5.97 Å². The van der Waals surface area contributed by atoms with Gasteiger partial charge in [-0.1, -0.05) is 30.3 Å². The summed E-state index contributed by atoms with van der Waals surface area (Å²) in [6.07, 6.45) is 0.230. The van der Waals surface area contributed by atoms with Crippen molar-refractivity contribution in [3.8, 4) is 0 Å². The SMILES string of the molecule is CN(NC(=O)Cc1ccc(C(=O)OP)cc1)c1ccccc1. The highest BCUT2D eigenvalue weighted by atomic mass is 31.0. The molecule has 0 saturated heterocycles. The molecule has 0 aliphatic carbocycles. The van der Waals surface area contributed by atoms with E-state index in [4.69, 9.17) is 0 Å². The molecule has 2 rings (SSSR count). The molecule has 114 valence electrons. The number of benzene rings is 2. The summed E-state index contributed by atoms with van der Waals surface area (Å²) in [5.74, 6) is -0.558. The van der Waals surface area contributed by atoms with Gasteiger partial charge in [-0.15, -0.1) is 0 Å². The third-order valence-electron chi connectivity index (χ3n) is 3.10. The van der Waals surface area contributed by atoms with Crippen LogP contribution < -0.4 is 10.4 Å². The number of nitrogens with zero attached hydrogens (tertiary/aromatic N) is 1. The lowest BCUT2D eigenvalue weighted by Gasteiger charge is -2.20. The van der Waals surface area contributed by atoms with E-state index in [9.17, 15) is 9.59 Å². The molecular weight excluding hydrogens is 299 g/mol. The molecule has 0 saturated carbocycles. The van der Waals surface area contributed by atoms with Crippen molar-refractivity contribution in [2.45, 2.75) is 6.42 Å². The molecule has 2 aromatic carbocycles. The van der Waals surface area contributed by atoms with Crippen LogP contribution in [0.1, 0.15) is 15.9 Å². The van der Waals surface area contributed by atoms with Gasteiger partial charge in [0, 0.05) is 7.05 Å². The van der Waals surface area contributed by atoms with Gasteiger partial charge in [0.1, 0.15) is 0 Å². The molecule has 2 aromatic rings. The summed E-state index contributed by atoms with van der Waals surface area (Å²) in [6, 6.07) is 16.3. The third kappa shape index (κ3) is 4.30. The first-order valence-electron chi connectivity index (χ1n) is 6.68. The van der Waals surface area contributed by atoms with Crippen LogP contribution in [0.25, 0.3) is 0 Å². The van der Waals surface area contributed by atoms with Crippen LogP contribution in [0.4, 0.5) is 5.69 Å². The first-order chi connectivity index (χ1) is 10.6. The predicted molar refractivity (Wildman–Crippen MR) is 88.3 cm³/mol. The predicted octanol–water partition coefficient (Wildman–Crippen LogP) is 2.34. The molecular formula is C16H17N2O3P. The molecule has 5 nitrogen and oxygen atoms in total. The zero-order chi connectivity index (χ0) is 15.9. The molecule has 0 radical (unpaired) electrons. The molecule has 0 aliphatic heterocycles. The third-order valence-corrected chi connectivity index (χ3v) is 3.31. The molecule has 1 unspecified atom stereocenters. The minimum absolute atomic E-state index is 0.132. The van der Waals surface area contributed by atoms with Gasteiger partial charge in [0.05, 0.1) is 27.1 Å². The van der Waals surface area contributed by atoms with Crippen LogP contribution in [-0.4, -0.2) is 18.9 Å². The smallest absolute Gasteiger partial charge is 0.340 e. The minimum atomic E-state index is -0.426. The zero-order valence-corrected chi connectivity index (χ0v) is 13.3. The number of hydrazine groups is 1. The normalized spacial score (nSPS) is 9.91. The van der Waals surface area contributed by atoms with Crippen LogP contribution in [0.2, 0.25) is 0 Å². The van der Waals surface area contributed by atoms with E-state index in [2.05, 4.69) is 9.95 Å². The molecule has 0 heterocycles. The van der Waals surface area contributed by atoms with Crippen molar-refractivity contribution in [3.05, 3.63) is 65.7 Å². The summed E-state index contributed by atoms with van der Waals surface area (Å²) in [5.41, 5.74) is 4.95. The molecule has 22 heavy (non-hydrogen) atoms. The van der Waals surface area contributed by atoms with Gasteiger partial charge in [0.2, 0.25) is 5.91 Å². The Kier molecular flexibility index (Phi) is 5.50. The molecule has 0 bridgehead atoms. The van der Waals surface area contributed by atoms with E-state index in [-0.39, 0.29) is 12.3 Å². The second-order valence-electron chi connectivity index (χ2n) is 4.71. The summed E-state index contributed by atoms with van der Waals surface area (Å²) in [5, 5.41) is 1.67. The van der Waals surface area contributed by atoms with E-state index in [1.54, 1.807) is 36.3 Å². The summed E-state index contributed by atoms with van der Waals surface area (Å²) in [6.45, 7) is 0. The Balaban J connectivity index is 1.93. The Morgan fingerprint density at radius 2 is 1.73 bits per heavy atom. The van der Waals surface area contributed by atoms with Crippen molar-refractivity contribution in [1.29, 1.82) is 0 Å². The average Bonchev–Trinajstić information content (AvgIpc) is 2.55. The summed E-state index contributed by atoms with van der Waals surface area (Å²) in [7, 11) is 3.70. The van der Waals surface area contributed by atoms with Crippen LogP contribution in [0, 0.1) is 0 Å². The molecule has 0 fully saturated rings. The Bertz CT molecular complexity index is 644. The summed E-state index contributed by atoms with van der Waals surface area (Å²) < 4.78 is 4.55. The maximum atomic E-state index is 12.0. The number of hydrogen-bond acceptors (Lipinski definition) is 4. The van der Waals surface area contributed by atoms with Crippen LogP contribution in [-0.2, 0) is 15.7 Å². The van der Waals surface area contributed by atoms with Crippen molar-refractivity contribution in [2.75, 3.05) is 12.1 Å². The van der Waals surface area contributed by atoms with Crippen LogP contribution in [0.15, 0.2) is 54.6 Å². The zero-order valence-electron chi connectivity index (χ0n) is 12.2. The van der Waals surface area contributed by atoms with Crippen LogP contribution in [0.3, 0.4) is 0 Å². The van der Waals surface area contributed by atoms with Crippen molar-refractivity contribution in [1.82, 2.24) is 5.43 Å². The Morgan fingerprint density at radius 1 is 1.09 bits per heavy atom. The quantitative estimate of drug-likeness (QED) is 0.679. The van der Waals surface area contributed by atoms with Gasteiger partial charge in [-0.25, -0.2) is 4.79 Å². The van der Waals surface area contributed by atoms with Gasteiger partial charge in [0.25, 0.3) is 0 Å². The first-order valence-corrected chi connectivity index (χ1v) is 7.15. The molecule has 6 heteroatoms. The van der Waals surface area contributed by atoms with Gasteiger partial charge in [0.15, 0.2) is 0 Å². The van der Waals surface area contributed by atoms with Crippen LogP contribution in [0.5, 0.6) is 0 Å². The minimum Gasteiger partial charge on any atom is -0.448 e. The van der Waals surface area contributed by atoms with Crippen LogP contribution >= 0.6 is 9.47 Å². The number of nitrogens with one attached hydrogen (secondary N) is 1. The van der Waals surface area contributed by atoms with E-state index in [1.165, 1.54) is 0 Å². The Hall–Kier alpha value is -2.39. The monoisotopic (exact) mass is 316 g/mol. The number of rotatable bonds is 5. The lowest BCUT2D eigenvalue weighted by atomic mass is 10.1. The van der Waals surface area contributed by atoms with Gasteiger partial charge in [-0.2, -0.15) is 0 Å². The van der Waals surface area contributed by atoms with Gasteiger partial charge in [-0.05, 0) is 29.8 Å². The highest BCUT2D eigenvalue weighted by Crippen LogP contribution is 2.10. The molecule has 0 aromatic heterocycles. The maximum Gasteiger partial charge on any atom is 0.340 e. The fraction of sp³-hybridized carbons (Fsp3) is 0.125. The van der Waals surface area contributed by atoms with E-state index >= 15 is 0 Å². The Morgan fingerprint density at radius 3 is 2.32 bits per heavy atom. The number of carbonyl (C=O) groups is 2. The molecule has 0 aliphatic rings. The number of para-hydroxylation sites is 1. The van der Waals surface area contributed by atoms with E-state index in [1.807, 2.05) is 39.8 Å². The highest BCUT2D eigenvalue weighted by Gasteiger charge is 2.09.